The van der Waals surface area contributed by atoms with Crippen LogP contribution >= 0.6 is 0 Å². The first-order valence-electron chi connectivity index (χ1n) is 9.36. The number of hydrogen-bond donors (Lipinski definition) is 2. The molecule has 7 heteroatoms. The molecule has 1 aliphatic rings. The number of aryl methyl sites for hydroxylation is 1. The highest BCUT2D eigenvalue weighted by Crippen LogP contribution is 2.17. The number of H-pyrrole nitrogens is 1. The van der Waals surface area contributed by atoms with Crippen LogP contribution in [0.2, 0.25) is 0 Å². The molecule has 3 rings (SSSR count). The number of hydrogen-bond acceptors (Lipinski definition) is 4. The van der Waals surface area contributed by atoms with Crippen LogP contribution in [0.4, 0.5) is 0 Å². The smallest absolute Gasteiger partial charge is 0.257 e. The highest BCUT2D eigenvalue weighted by atomic mass is 32.2. The molecule has 1 aliphatic heterocycles. The maximum absolute atomic E-state index is 12.4. The molecule has 1 atom stereocenters. The molecule has 1 aromatic heterocycles. The molecular formula is C19H28N4O2S. The van der Waals surface area contributed by atoms with Crippen LogP contribution in [0, 0.1) is 5.92 Å². The Kier molecular flexibility index (Phi) is 6.45. The second-order valence-electron chi connectivity index (χ2n) is 6.94. The molecule has 2 heterocycles. The second-order valence-corrected chi connectivity index (χ2v) is 8.68. The van der Waals surface area contributed by atoms with Gasteiger partial charge in [0.15, 0.2) is 5.03 Å². The fourth-order valence-electron chi connectivity index (χ4n) is 3.42. The molecule has 2 aromatic rings. The fraction of sp³-hybridized carbons (Fsp3) is 0.526. The zero-order valence-electron chi connectivity index (χ0n) is 15.3. The largest absolute Gasteiger partial charge is 0.332 e. The van der Waals surface area contributed by atoms with E-state index in [-0.39, 0.29) is 5.03 Å². The molecule has 1 unspecified atom stereocenters. The van der Waals surface area contributed by atoms with E-state index in [9.17, 15) is 8.42 Å². The number of aromatic amines is 1. The van der Waals surface area contributed by atoms with Crippen LogP contribution < -0.4 is 4.72 Å². The van der Waals surface area contributed by atoms with E-state index in [0.717, 1.165) is 38.9 Å². The second kappa shape index (κ2) is 8.79. The van der Waals surface area contributed by atoms with E-state index in [2.05, 4.69) is 43.9 Å². The van der Waals surface area contributed by atoms with E-state index in [1.807, 2.05) is 13.0 Å². The third-order valence-electron chi connectivity index (χ3n) is 4.95. The number of rotatable bonds is 8. The van der Waals surface area contributed by atoms with Crippen molar-refractivity contribution < 1.29 is 8.42 Å². The zero-order chi connectivity index (χ0) is 18.4. The lowest BCUT2D eigenvalue weighted by Gasteiger charge is -2.32. The number of imidazole rings is 1. The van der Waals surface area contributed by atoms with E-state index >= 15 is 0 Å². The predicted molar refractivity (Wildman–Crippen MR) is 102 cm³/mol. The van der Waals surface area contributed by atoms with E-state index in [4.69, 9.17) is 0 Å². The van der Waals surface area contributed by atoms with E-state index < -0.39 is 10.0 Å². The Morgan fingerprint density at radius 1 is 1.31 bits per heavy atom. The average Bonchev–Trinajstić information content (AvgIpc) is 3.16. The van der Waals surface area contributed by atoms with Crippen LogP contribution in [-0.4, -0.2) is 49.5 Å². The first-order chi connectivity index (χ1) is 12.6. The van der Waals surface area contributed by atoms with Crippen LogP contribution in [-0.2, 0) is 22.9 Å². The molecule has 0 amide bonds. The first kappa shape index (κ1) is 19.1. The molecule has 26 heavy (non-hydrogen) atoms. The minimum absolute atomic E-state index is 0.158. The topological polar surface area (TPSA) is 78.1 Å². The Hall–Kier alpha value is -1.70. The van der Waals surface area contributed by atoms with Crippen LogP contribution in [0.3, 0.4) is 0 Å². The summed E-state index contributed by atoms with van der Waals surface area (Å²) in [6.45, 7) is 5.47. The molecule has 1 saturated heterocycles. The summed E-state index contributed by atoms with van der Waals surface area (Å²) < 4.78 is 27.6. The number of likely N-dealkylation sites (tertiary alicyclic amines) is 1. The summed E-state index contributed by atoms with van der Waals surface area (Å²) in [5.74, 6) is 1.04. The maximum atomic E-state index is 12.4. The van der Waals surface area contributed by atoms with Gasteiger partial charge in [-0.15, -0.1) is 0 Å². The summed E-state index contributed by atoms with van der Waals surface area (Å²) in [7, 11) is -3.51. The van der Waals surface area contributed by atoms with Crippen molar-refractivity contribution >= 4 is 10.0 Å². The van der Waals surface area contributed by atoms with Gasteiger partial charge in [0.2, 0.25) is 0 Å². The molecule has 0 saturated carbocycles. The highest BCUT2D eigenvalue weighted by molar-refractivity contribution is 7.89. The summed E-state index contributed by atoms with van der Waals surface area (Å²) in [5.41, 5.74) is 1.35. The first-order valence-corrected chi connectivity index (χ1v) is 10.8. The van der Waals surface area contributed by atoms with Crippen molar-refractivity contribution in [2.45, 2.75) is 37.6 Å². The van der Waals surface area contributed by atoms with E-state index in [1.165, 1.54) is 11.8 Å². The number of nitrogens with zero attached hydrogens (tertiary/aromatic N) is 2. The molecule has 2 N–H and O–H groups in total. The van der Waals surface area contributed by atoms with Crippen molar-refractivity contribution in [3.8, 4) is 0 Å². The number of benzene rings is 1. The van der Waals surface area contributed by atoms with Gasteiger partial charge in [-0.1, -0.05) is 37.3 Å². The number of piperidine rings is 1. The van der Waals surface area contributed by atoms with E-state index in [1.54, 1.807) is 0 Å². The summed E-state index contributed by atoms with van der Waals surface area (Å²) >= 11 is 0. The molecule has 1 aromatic carbocycles. The monoisotopic (exact) mass is 376 g/mol. The quantitative estimate of drug-likeness (QED) is 0.740. The molecule has 0 radical (unpaired) electrons. The lowest BCUT2D eigenvalue weighted by atomic mass is 9.98. The molecule has 0 aliphatic carbocycles. The van der Waals surface area contributed by atoms with Gasteiger partial charge >= 0.3 is 0 Å². The van der Waals surface area contributed by atoms with Crippen LogP contribution in [0.15, 0.2) is 41.6 Å². The molecular weight excluding hydrogens is 348 g/mol. The standard InChI is InChI=1S/C19H28N4O2S/c1-2-18-20-14-19(22-18)26(24,25)21-13-17-9-6-11-23(15-17)12-10-16-7-4-3-5-8-16/h3-5,7-8,14,17,21H,2,6,9-13,15H2,1H3,(H,20,22). The van der Waals surface area contributed by atoms with Crippen molar-refractivity contribution in [2.75, 3.05) is 26.2 Å². The third kappa shape index (κ3) is 5.16. The van der Waals surface area contributed by atoms with Gasteiger partial charge < -0.3 is 9.88 Å². The Labute approximate surface area is 156 Å². The van der Waals surface area contributed by atoms with Crippen molar-refractivity contribution in [1.29, 1.82) is 0 Å². The minimum atomic E-state index is -3.51. The van der Waals surface area contributed by atoms with Gasteiger partial charge in [0.1, 0.15) is 5.82 Å². The van der Waals surface area contributed by atoms with Gasteiger partial charge in [0, 0.05) is 26.1 Å². The van der Waals surface area contributed by atoms with Crippen molar-refractivity contribution in [2.24, 2.45) is 5.92 Å². The van der Waals surface area contributed by atoms with E-state index in [0.29, 0.717) is 24.7 Å². The molecule has 142 valence electrons. The Morgan fingerprint density at radius 3 is 2.85 bits per heavy atom. The molecule has 0 bridgehead atoms. The van der Waals surface area contributed by atoms with Crippen LogP contribution in [0.25, 0.3) is 0 Å². The average molecular weight is 377 g/mol. The van der Waals surface area contributed by atoms with Gasteiger partial charge in [-0.3, -0.25) is 0 Å². The molecule has 0 spiro atoms. The Bertz CT molecular complexity index is 789. The normalized spacial score (nSPS) is 18.9. The zero-order valence-corrected chi connectivity index (χ0v) is 16.1. The summed E-state index contributed by atoms with van der Waals surface area (Å²) in [4.78, 5) is 9.39. The van der Waals surface area contributed by atoms with Crippen molar-refractivity contribution in [1.82, 2.24) is 19.6 Å². The fourth-order valence-corrected chi connectivity index (χ4v) is 4.47. The van der Waals surface area contributed by atoms with Gasteiger partial charge in [-0.05, 0) is 37.3 Å². The van der Waals surface area contributed by atoms with Crippen LogP contribution in [0.1, 0.15) is 31.2 Å². The lowest BCUT2D eigenvalue weighted by Crippen LogP contribution is -2.41. The molecule has 6 nitrogen and oxygen atoms in total. The van der Waals surface area contributed by atoms with Crippen molar-refractivity contribution in [3.63, 3.8) is 0 Å². The van der Waals surface area contributed by atoms with Gasteiger partial charge in [-0.2, -0.15) is 0 Å². The lowest BCUT2D eigenvalue weighted by molar-refractivity contribution is 0.178. The predicted octanol–water partition coefficient (Wildman–Crippen LogP) is 2.21. The maximum Gasteiger partial charge on any atom is 0.257 e. The van der Waals surface area contributed by atoms with Gasteiger partial charge in [0.25, 0.3) is 10.0 Å². The SMILES string of the molecule is CCc1ncc(S(=O)(=O)NCC2CCCN(CCc3ccccc3)C2)[nH]1. The van der Waals surface area contributed by atoms with Gasteiger partial charge in [0.05, 0.1) is 6.20 Å². The number of sulfonamides is 1. The van der Waals surface area contributed by atoms with Crippen molar-refractivity contribution in [3.05, 3.63) is 47.9 Å². The summed E-state index contributed by atoms with van der Waals surface area (Å²) in [6, 6.07) is 10.5. The Morgan fingerprint density at radius 2 is 2.12 bits per heavy atom. The highest BCUT2D eigenvalue weighted by Gasteiger charge is 2.23. The molecule has 1 fully saturated rings. The summed E-state index contributed by atoms with van der Waals surface area (Å²) in [5, 5.41) is 0.158. The number of nitrogens with one attached hydrogen (secondary N) is 2. The summed E-state index contributed by atoms with van der Waals surface area (Å²) in [6.07, 6.45) is 5.30. The third-order valence-corrected chi connectivity index (χ3v) is 6.29. The van der Waals surface area contributed by atoms with Crippen LogP contribution in [0.5, 0.6) is 0 Å². The Balaban J connectivity index is 1.48. The van der Waals surface area contributed by atoms with Gasteiger partial charge in [-0.25, -0.2) is 18.1 Å². The number of aromatic nitrogens is 2. The minimum Gasteiger partial charge on any atom is -0.332 e.